The first-order valence-electron chi connectivity index (χ1n) is 8.78. The number of amides is 2. The van der Waals surface area contributed by atoms with Gasteiger partial charge in [0.1, 0.15) is 0 Å². The van der Waals surface area contributed by atoms with E-state index in [0.29, 0.717) is 12.8 Å². The standard InChI is InChI=1S/C21H25N3O2/c1-22(2)17-9-5-15(6-10-17)21(24-19(25)13-14-20(24)26)16-7-11-18(12-8-16)23(3)4/h5-12,21H,13-14H2,1-4H3. The molecule has 2 aromatic carbocycles. The van der Waals surface area contributed by atoms with Crippen LogP contribution < -0.4 is 9.80 Å². The lowest BCUT2D eigenvalue weighted by Crippen LogP contribution is -2.34. The van der Waals surface area contributed by atoms with Crippen LogP contribution in [0.4, 0.5) is 11.4 Å². The van der Waals surface area contributed by atoms with Crippen molar-refractivity contribution in [2.45, 2.75) is 18.9 Å². The van der Waals surface area contributed by atoms with Gasteiger partial charge in [0.2, 0.25) is 11.8 Å². The molecule has 0 atom stereocenters. The van der Waals surface area contributed by atoms with Gasteiger partial charge in [0.15, 0.2) is 0 Å². The minimum absolute atomic E-state index is 0.103. The van der Waals surface area contributed by atoms with Crippen molar-refractivity contribution in [3.8, 4) is 0 Å². The predicted octanol–water partition coefficient (Wildman–Crippen LogP) is 3.06. The van der Waals surface area contributed by atoms with Crippen molar-refractivity contribution in [3.63, 3.8) is 0 Å². The molecule has 3 rings (SSSR count). The number of carbonyl (C=O) groups is 2. The molecule has 136 valence electrons. The summed E-state index contributed by atoms with van der Waals surface area (Å²) in [6.07, 6.45) is 0.585. The largest absolute Gasteiger partial charge is 0.378 e. The van der Waals surface area contributed by atoms with Gasteiger partial charge in [-0.15, -0.1) is 0 Å². The van der Waals surface area contributed by atoms with Crippen molar-refractivity contribution in [1.82, 2.24) is 4.90 Å². The normalized spacial score (nSPS) is 14.3. The van der Waals surface area contributed by atoms with Gasteiger partial charge >= 0.3 is 0 Å². The number of rotatable bonds is 5. The molecule has 1 fully saturated rings. The van der Waals surface area contributed by atoms with Crippen LogP contribution in [0.3, 0.4) is 0 Å². The SMILES string of the molecule is CN(C)c1ccc(C(c2ccc(N(C)C)cc2)N2C(=O)CCC2=O)cc1. The summed E-state index contributed by atoms with van der Waals surface area (Å²) < 4.78 is 0. The Labute approximate surface area is 154 Å². The van der Waals surface area contributed by atoms with Gasteiger partial charge in [0, 0.05) is 52.4 Å². The van der Waals surface area contributed by atoms with E-state index in [0.717, 1.165) is 22.5 Å². The lowest BCUT2D eigenvalue weighted by atomic mass is 9.96. The fraction of sp³-hybridized carbons (Fsp3) is 0.333. The molecule has 0 spiro atoms. The number of anilines is 2. The Bertz CT molecular complexity index is 728. The number of nitrogens with zero attached hydrogens (tertiary/aromatic N) is 3. The number of hydrogen-bond donors (Lipinski definition) is 0. The minimum Gasteiger partial charge on any atom is -0.378 e. The van der Waals surface area contributed by atoms with Crippen LogP contribution in [-0.2, 0) is 9.59 Å². The summed E-state index contributed by atoms with van der Waals surface area (Å²) in [6.45, 7) is 0. The van der Waals surface area contributed by atoms with E-state index in [9.17, 15) is 9.59 Å². The van der Waals surface area contributed by atoms with E-state index < -0.39 is 0 Å². The number of imide groups is 1. The molecule has 1 aliphatic rings. The highest BCUT2D eigenvalue weighted by atomic mass is 16.2. The third kappa shape index (κ3) is 3.43. The van der Waals surface area contributed by atoms with Crippen molar-refractivity contribution in [2.75, 3.05) is 38.0 Å². The molecule has 0 saturated carbocycles. The van der Waals surface area contributed by atoms with Crippen molar-refractivity contribution < 1.29 is 9.59 Å². The third-order valence-electron chi connectivity index (χ3n) is 4.80. The second-order valence-corrected chi connectivity index (χ2v) is 7.03. The van der Waals surface area contributed by atoms with Crippen molar-refractivity contribution in [1.29, 1.82) is 0 Å². The summed E-state index contributed by atoms with van der Waals surface area (Å²) in [7, 11) is 7.94. The summed E-state index contributed by atoms with van der Waals surface area (Å²) in [5, 5.41) is 0. The minimum atomic E-state index is -0.384. The van der Waals surface area contributed by atoms with Crippen molar-refractivity contribution in [3.05, 3.63) is 59.7 Å². The zero-order chi connectivity index (χ0) is 18.8. The Morgan fingerprint density at radius 2 is 1.04 bits per heavy atom. The van der Waals surface area contributed by atoms with Gasteiger partial charge in [-0.25, -0.2) is 0 Å². The van der Waals surface area contributed by atoms with E-state index in [1.807, 2.05) is 86.5 Å². The second-order valence-electron chi connectivity index (χ2n) is 7.03. The molecule has 2 amide bonds. The molecule has 0 unspecified atom stereocenters. The Morgan fingerprint density at radius 3 is 1.35 bits per heavy atom. The molecular formula is C21H25N3O2. The molecule has 0 aromatic heterocycles. The van der Waals surface area contributed by atoms with E-state index >= 15 is 0 Å². The summed E-state index contributed by atoms with van der Waals surface area (Å²) in [6, 6.07) is 15.7. The summed E-state index contributed by atoms with van der Waals surface area (Å²) >= 11 is 0. The Morgan fingerprint density at radius 1 is 0.692 bits per heavy atom. The van der Waals surface area contributed by atoms with E-state index in [1.165, 1.54) is 4.90 Å². The van der Waals surface area contributed by atoms with E-state index in [4.69, 9.17) is 0 Å². The van der Waals surface area contributed by atoms with Gasteiger partial charge in [0.25, 0.3) is 0 Å². The maximum Gasteiger partial charge on any atom is 0.230 e. The smallest absolute Gasteiger partial charge is 0.230 e. The van der Waals surface area contributed by atoms with Crippen LogP contribution in [0.15, 0.2) is 48.5 Å². The maximum absolute atomic E-state index is 12.4. The van der Waals surface area contributed by atoms with E-state index in [-0.39, 0.29) is 17.9 Å². The molecule has 2 aromatic rings. The Hall–Kier alpha value is -2.82. The second kappa shape index (κ2) is 7.20. The molecular weight excluding hydrogens is 326 g/mol. The summed E-state index contributed by atoms with van der Waals surface area (Å²) in [5.74, 6) is -0.207. The van der Waals surface area contributed by atoms with Gasteiger partial charge in [-0.05, 0) is 35.4 Å². The first-order chi connectivity index (χ1) is 12.4. The monoisotopic (exact) mass is 351 g/mol. The van der Waals surface area contributed by atoms with Gasteiger partial charge in [-0.1, -0.05) is 24.3 Å². The number of carbonyl (C=O) groups excluding carboxylic acids is 2. The lowest BCUT2D eigenvalue weighted by molar-refractivity contribution is -0.140. The molecule has 1 heterocycles. The molecule has 1 saturated heterocycles. The maximum atomic E-state index is 12.4. The highest BCUT2D eigenvalue weighted by Gasteiger charge is 2.36. The zero-order valence-corrected chi connectivity index (χ0v) is 15.8. The molecule has 5 nitrogen and oxygen atoms in total. The van der Waals surface area contributed by atoms with Crippen LogP contribution in [0.5, 0.6) is 0 Å². The predicted molar refractivity (Wildman–Crippen MR) is 104 cm³/mol. The molecule has 0 bridgehead atoms. The number of benzene rings is 2. The third-order valence-corrected chi connectivity index (χ3v) is 4.80. The highest BCUT2D eigenvalue weighted by Crippen LogP contribution is 2.34. The quantitative estimate of drug-likeness (QED) is 0.777. The van der Waals surface area contributed by atoms with Crippen LogP contribution in [0.1, 0.15) is 30.0 Å². The molecule has 5 heteroatoms. The molecule has 0 aliphatic carbocycles. The van der Waals surface area contributed by atoms with E-state index in [2.05, 4.69) is 0 Å². The summed E-state index contributed by atoms with van der Waals surface area (Å²) in [5.41, 5.74) is 4.04. The van der Waals surface area contributed by atoms with Crippen LogP contribution in [0, 0.1) is 0 Å². The van der Waals surface area contributed by atoms with Gasteiger partial charge in [0.05, 0.1) is 6.04 Å². The average molecular weight is 351 g/mol. The van der Waals surface area contributed by atoms with Crippen LogP contribution in [-0.4, -0.2) is 44.9 Å². The average Bonchev–Trinajstić information content (AvgIpc) is 2.95. The van der Waals surface area contributed by atoms with Gasteiger partial charge in [-0.2, -0.15) is 0 Å². The van der Waals surface area contributed by atoms with Gasteiger partial charge in [-0.3, -0.25) is 14.5 Å². The zero-order valence-electron chi connectivity index (χ0n) is 15.8. The topological polar surface area (TPSA) is 43.9 Å². The fourth-order valence-electron chi connectivity index (χ4n) is 3.28. The molecule has 0 radical (unpaired) electrons. The first-order valence-corrected chi connectivity index (χ1v) is 8.78. The lowest BCUT2D eigenvalue weighted by Gasteiger charge is -2.28. The van der Waals surface area contributed by atoms with Gasteiger partial charge < -0.3 is 9.80 Å². The number of hydrogen-bond acceptors (Lipinski definition) is 4. The fourth-order valence-corrected chi connectivity index (χ4v) is 3.28. The molecule has 26 heavy (non-hydrogen) atoms. The Kier molecular flexibility index (Phi) is 4.98. The van der Waals surface area contributed by atoms with Crippen molar-refractivity contribution >= 4 is 23.2 Å². The van der Waals surface area contributed by atoms with Crippen LogP contribution >= 0.6 is 0 Å². The van der Waals surface area contributed by atoms with Crippen LogP contribution in [0.2, 0.25) is 0 Å². The summed E-state index contributed by atoms with van der Waals surface area (Å²) in [4.78, 5) is 30.3. The highest BCUT2D eigenvalue weighted by molar-refractivity contribution is 6.02. The molecule has 0 N–H and O–H groups in total. The van der Waals surface area contributed by atoms with E-state index in [1.54, 1.807) is 0 Å². The number of likely N-dealkylation sites (tertiary alicyclic amines) is 1. The molecule has 1 aliphatic heterocycles. The van der Waals surface area contributed by atoms with Crippen molar-refractivity contribution in [2.24, 2.45) is 0 Å². The first kappa shape index (κ1) is 18.0. The van der Waals surface area contributed by atoms with Crippen LogP contribution in [0.25, 0.3) is 0 Å². The Balaban J connectivity index is 2.04.